The Morgan fingerprint density at radius 1 is 1.06 bits per heavy atom. The first-order chi connectivity index (χ1) is 7.45. The maximum atomic E-state index is 10.8. The van der Waals surface area contributed by atoms with E-state index in [1.54, 1.807) is 0 Å². The van der Waals surface area contributed by atoms with Crippen molar-refractivity contribution in [2.45, 2.75) is 6.92 Å². The van der Waals surface area contributed by atoms with Crippen LogP contribution in [0.4, 0.5) is 11.4 Å². The van der Waals surface area contributed by atoms with Gasteiger partial charge in [0, 0.05) is 5.56 Å². The predicted molar refractivity (Wildman–Crippen MR) is 52.4 cm³/mol. The molecule has 0 amide bonds. The van der Waals surface area contributed by atoms with Crippen LogP contribution >= 0.6 is 0 Å². The fraction of sp³-hybridized carbons (Fsp3) is 0.125. The molecule has 0 radical (unpaired) electrons. The number of benzene rings is 1. The van der Waals surface area contributed by atoms with Crippen LogP contribution < -0.4 is 0 Å². The molecule has 0 aliphatic rings. The number of carbonyl (C=O) groups is 1. The summed E-state index contributed by atoms with van der Waals surface area (Å²) >= 11 is 0. The molecule has 3 N–H and O–H groups in total. The van der Waals surface area contributed by atoms with E-state index in [2.05, 4.69) is 10.4 Å². The van der Waals surface area contributed by atoms with Gasteiger partial charge in [-0.05, 0) is 17.3 Å². The highest BCUT2D eigenvalue weighted by Gasteiger charge is 2.27. The van der Waals surface area contributed by atoms with Gasteiger partial charge in [-0.25, -0.2) is 4.79 Å². The van der Waals surface area contributed by atoms with Crippen LogP contribution in [0.15, 0.2) is 10.4 Å². The normalized spacial score (nSPS) is 9.81. The van der Waals surface area contributed by atoms with Crippen molar-refractivity contribution in [3.05, 3.63) is 20.9 Å². The summed E-state index contributed by atoms with van der Waals surface area (Å²) in [6.45, 7) is 1.18. The van der Waals surface area contributed by atoms with Crippen molar-refractivity contribution >= 4 is 17.3 Å². The topological polar surface area (TPSA) is 137 Å². The molecule has 0 spiro atoms. The molecule has 8 heteroatoms. The second kappa shape index (κ2) is 3.93. The first-order valence-electron chi connectivity index (χ1n) is 3.94. The zero-order chi connectivity index (χ0) is 12.5. The lowest BCUT2D eigenvalue weighted by Crippen LogP contribution is -1.99. The van der Waals surface area contributed by atoms with E-state index in [-0.39, 0.29) is 5.56 Å². The number of hydrogen-bond acceptors (Lipinski definition) is 7. The highest BCUT2D eigenvalue weighted by molar-refractivity contribution is 6.02. The summed E-state index contributed by atoms with van der Waals surface area (Å²) in [5.74, 6) is -3.29. The second-order valence-electron chi connectivity index (χ2n) is 2.88. The molecule has 0 unspecified atom stereocenters. The molecule has 1 rings (SSSR count). The maximum Gasteiger partial charge on any atom is 0.340 e. The second-order valence-corrected chi connectivity index (χ2v) is 2.88. The molecule has 1 aromatic carbocycles. The van der Waals surface area contributed by atoms with Gasteiger partial charge in [0.25, 0.3) is 0 Å². The third-order valence-electron chi connectivity index (χ3n) is 2.03. The quantitative estimate of drug-likeness (QED) is 0.673. The molecule has 0 bridgehead atoms. The van der Waals surface area contributed by atoms with Gasteiger partial charge in [0.2, 0.25) is 0 Å². The summed E-state index contributed by atoms with van der Waals surface area (Å²) in [7, 11) is 0. The van der Waals surface area contributed by atoms with E-state index >= 15 is 0 Å². The molecule has 84 valence electrons. The number of phenolic OH excluding ortho intramolecular Hbond substituents is 2. The highest BCUT2D eigenvalue weighted by Crippen LogP contribution is 2.46. The fourth-order valence-corrected chi connectivity index (χ4v) is 1.20. The van der Waals surface area contributed by atoms with Crippen LogP contribution in [0.3, 0.4) is 0 Å². The Hall–Kier alpha value is -2.51. The first-order valence-corrected chi connectivity index (χ1v) is 3.94. The van der Waals surface area contributed by atoms with E-state index < -0.39 is 34.4 Å². The fourth-order valence-electron chi connectivity index (χ4n) is 1.20. The van der Waals surface area contributed by atoms with Crippen LogP contribution in [0, 0.1) is 16.7 Å². The summed E-state index contributed by atoms with van der Waals surface area (Å²) in [5.41, 5.74) is -2.84. The Bertz CT molecular complexity index is 461. The van der Waals surface area contributed by atoms with E-state index in [9.17, 15) is 24.8 Å². The highest BCUT2D eigenvalue weighted by atomic mass is 16.4. The average molecular weight is 226 g/mol. The van der Waals surface area contributed by atoms with Gasteiger partial charge in [-0.2, -0.15) is 0 Å². The molecule has 0 aliphatic heterocycles. The van der Waals surface area contributed by atoms with E-state index in [0.717, 1.165) is 0 Å². The van der Waals surface area contributed by atoms with Crippen LogP contribution in [-0.4, -0.2) is 21.3 Å². The lowest BCUT2D eigenvalue weighted by Gasteiger charge is -2.08. The van der Waals surface area contributed by atoms with E-state index in [1.807, 2.05) is 0 Å². The first kappa shape index (κ1) is 11.6. The van der Waals surface area contributed by atoms with Crippen LogP contribution in [-0.2, 0) is 0 Å². The van der Waals surface area contributed by atoms with Gasteiger partial charge in [0.1, 0.15) is 5.56 Å². The molecular formula is C8H6N2O6. The third-order valence-corrected chi connectivity index (χ3v) is 2.03. The molecule has 0 aliphatic carbocycles. The van der Waals surface area contributed by atoms with Crippen LogP contribution in [0.2, 0.25) is 0 Å². The van der Waals surface area contributed by atoms with Crippen molar-refractivity contribution in [1.82, 2.24) is 0 Å². The number of nitroso groups, excluding NO2 is 2. The third kappa shape index (κ3) is 1.45. The summed E-state index contributed by atoms with van der Waals surface area (Å²) in [4.78, 5) is 31.5. The number of carboxylic acids is 1. The smallest absolute Gasteiger partial charge is 0.340 e. The van der Waals surface area contributed by atoms with Crippen molar-refractivity contribution < 1.29 is 20.1 Å². The Morgan fingerprint density at radius 3 is 1.69 bits per heavy atom. The number of carboxylic acid groups (broad SMARTS) is 1. The van der Waals surface area contributed by atoms with E-state index in [1.165, 1.54) is 6.92 Å². The molecule has 0 saturated carbocycles. The number of aromatic carboxylic acids is 1. The van der Waals surface area contributed by atoms with Gasteiger partial charge in [-0.15, -0.1) is 9.81 Å². The van der Waals surface area contributed by atoms with Gasteiger partial charge in [0.15, 0.2) is 22.9 Å². The Kier molecular flexibility index (Phi) is 2.84. The van der Waals surface area contributed by atoms with Crippen molar-refractivity contribution in [2.24, 2.45) is 10.4 Å². The van der Waals surface area contributed by atoms with Crippen molar-refractivity contribution in [2.75, 3.05) is 0 Å². The lowest BCUT2D eigenvalue weighted by molar-refractivity contribution is 0.0698. The van der Waals surface area contributed by atoms with E-state index in [4.69, 9.17) is 5.11 Å². The molecule has 0 saturated heterocycles. The van der Waals surface area contributed by atoms with Gasteiger partial charge >= 0.3 is 5.97 Å². The van der Waals surface area contributed by atoms with Crippen molar-refractivity contribution in [3.63, 3.8) is 0 Å². The summed E-state index contributed by atoms with van der Waals surface area (Å²) in [6, 6.07) is 0. The number of nitrogens with zero attached hydrogens (tertiary/aromatic N) is 2. The number of rotatable bonds is 3. The van der Waals surface area contributed by atoms with Gasteiger partial charge in [-0.1, -0.05) is 0 Å². The SMILES string of the molecule is Cc1c(O)c(N=O)c(C(=O)O)c(N=O)c1O. The minimum absolute atomic E-state index is 0.241. The Labute approximate surface area is 88.1 Å². The number of hydrogen-bond donors (Lipinski definition) is 3. The number of phenols is 2. The molecule has 0 fully saturated rings. The largest absolute Gasteiger partial charge is 0.505 e. The van der Waals surface area contributed by atoms with E-state index in [0.29, 0.717) is 0 Å². The van der Waals surface area contributed by atoms with Gasteiger partial charge in [0.05, 0.1) is 0 Å². The van der Waals surface area contributed by atoms with Crippen molar-refractivity contribution in [1.29, 1.82) is 0 Å². The van der Waals surface area contributed by atoms with Crippen molar-refractivity contribution in [3.8, 4) is 11.5 Å². The monoisotopic (exact) mass is 226 g/mol. The molecule has 0 atom stereocenters. The average Bonchev–Trinajstić information content (AvgIpc) is 2.25. The van der Waals surface area contributed by atoms with Gasteiger partial charge < -0.3 is 15.3 Å². The van der Waals surface area contributed by atoms with Crippen LogP contribution in [0.1, 0.15) is 15.9 Å². The Morgan fingerprint density at radius 2 is 1.44 bits per heavy atom. The minimum atomic E-state index is -1.70. The molecule has 8 nitrogen and oxygen atoms in total. The summed E-state index contributed by atoms with van der Waals surface area (Å²) in [6.07, 6.45) is 0. The maximum absolute atomic E-state index is 10.8. The van der Waals surface area contributed by atoms with Crippen LogP contribution in [0.25, 0.3) is 0 Å². The number of aromatic hydroxyl groups is 2. The zero-order valence-corrected chi connectivity index (χ0v) is 7.96. The van der Waals surface area contributed by atoms with Crippen LogP contribution in [0.5, 0.6) is 11.5 Å². The minimum Gasteiger partial charge on any atom is -0.505 e. The Balaban J connectivity index is 3.87. The summed E-state index contributed by atoms with van der Waals surface area (Å²) in [5, 5.41) is 32.1. The lowest BCUT2D eigenvalue weighted by atomic mass is 10.0. The molecule has 16 heavy (non-hydrogen) atoms. The predicted octanol–water partition coefficient (Wildman–Crippen LogP) is 1.90. The molecule has 0 aromatic heterocycles. The standard InChI is InChI=1S/C8H6N2O6/c1-2-6(11)4(9-15)3(8(13)14)5(10-16)7(2)12/h11-12H,1H3,(H,13,14). The molecule has 1 aromatic rings. The molecular weight excluding hydrogens is 220 g/mol. The zero-order valence-electron chi connectivity index (χ0n) is 7.96. The van der Waals surface area contributed by atoms with Gasteiger partial charge in [-0.3, -0.25) is 0 Å². The molecule has 0 heterocycles. The summed E-state index contributed by atoms with van der Waals surface area (Å²) < 4.78 is 0.